The quantitative estimate of drug-likeness (QED) is 0.267. The van der Waals surface area contributed by atoms with Gasteiger partial charge < -0.3 is 20.8 Å². The number of primary amides is 1. The number of Topliss-reactive ketones (excluding diaryl/α,β-unsaturated/α-hetero) is 4. The highest BCUT2D eigenvalue weighted by molar-refractivity contribution is 6.32. The van der Waals surface area contributed by atoms with Crippen molar-refractivity contribution in [2.45, 2.75) is 57.4 Å². The van der Waals surface area contributed by atoms with E-state index in [1.165, 1.54) is 4.90 Å². The van der Waals surface area contributed by atoms with E-state index in [4.69, 9.17) is 10.6 Å². The lowest BCUT2D eigenvalue weighted by Crippen LogP contribution is -2.74. The SMILES string of the molecule is CN(C)c1cc(CNOC(C)(C)C)c(O)c2c1C[C@H]1C[C@H]3C(N(C)C)C(=O)C(C(N)=O)C(=O)[C@@]3(O)C(=O)C1C2=O. The van der Waals surface area contributed by atoms with Gasteiger partial charge in [-0.2, -0.15) is 5.48 Å². The van der Waals surface area contributed by atoms with E-state index in [-0.39, 0.29) is 30.7 Å². The third kappa shape index (κ3) is 4.52. The number of phenols is 1. The zero-order chi connectivity index (χ0) is 30.1. The molecule has 2 fully saturated rings. The molecule has 5 N–H and O–H groups in total. The number of phenolic OH excluding ortho intramolecular Hbond substituents is 1. The molecule has 2 saturated carbocycles. The van der Waals surface area contributed by atoms with Gasteiger partial charge in [0.05, 0.1) is 23.1 Å². The summed E-state index contributed by atoms with van der Waals surface area (Å²) in [5, 5.41) is 23.0. The van der Waals surface area contributed by atoms with Gasteiger partial charge in [-0.1, -0.05) is 0 Å². The second-order valence-electron chi connectivity index (χ2n) is 12.5. The van der Waals surface area contributed by atoms with Crippen LogP contribution in [0.5, 0.6) is 5.75 Å². The number of rotatable bonds is 6. The highest BCUT2D eigenvalue weighted by atomic mass is 16.7. The number of amides is 1. The smallest absolute Gasteiger partial charge is 0.235 e. The van der Waals surface area contributed by atoms with Crippen LogP contribution in [0.15, 0.2) is 6.07 Å². The number of likely N-dealkylation sites (N-methyl/N-ethyl adjacent to an activating group) is 1. The van der Waals surface area contributed by atoms with Crippen molar-refractivity contribution in [2.24, 2.45) is 29.4 Å². The van der Waals surface area contributed by atoms with Crippen LogP contribution >= 0.6 is 0 Å². The van der Waals surface area contributed by atoms with Crippen LogP contribution in [0.4, 0.5) is 5.69 Å². The fraction of sp³-hybridized carbons (Fsp3) is 0.607. The highest BCUT2D eigenvalue weighted by Gasteiger charge is 2.69. The predicted molar refractivity (Wildman–Crippen MR) is 143 cm³/mol. The first kappa shape index (κ1) is 29.8. The number of carbonyl (C=O) groups excluding carboxylic acids is 5. The Bertz CT molecular complexity index is 1300. The first-order valence-corrected chi connectivity index (χ1v) is 13.2. The minimum atomic E-state index is -2.75. The molecule has 0 aromatic heterocycles. The summed E-state index contributed by atoms with van der Waals surface area (Å²) in [6.45, 7) is 5.60. The van der Waals surface area contributed by atoms with Crippen molar-refractivity contribution in [3.8, 4) is 5.75 Å². The lowest BCUT2D eigenvalue weighted by atomic mass is 9.52. The fourth-order valence-electron chi connectivity index (χ4n) is 6.57. The van der Waals surface area contributed by atoms with E-state index in [9.17, 15) is 34.2 Å². The van der Waals surface area contributed by atoms with Crippen LogP contribution in [0, 0.1) is 23.7 Å². The highest BCUT2D eigenvalue weighted by Crippen LogP contribution is 2.52. The summed E-state index contributed by atoms with van der Waals surface area (Å²) < 4.78 is 0. The minimum Gasteiger partial charge on any atom is -0.507 e. The number of nitrogens with one attached hydrogen (secondary N) is 1. The Hall–Kier alpha value is -3.19. The standard InChI is InChI=1S/C28H38N4O8/c1-27(2,3)40-30-11-13-10-16(31(4)5)14-8-12-9-15-20(32(6)7)23(35)19(26(29)38)25(37)28(15,39)24(36)17(12)22(34)18(14)21(13)33/h10,12,15,17,19-20,30,33,39H,8-9,11H2,1-7H3,(H2,29,38)/t12-,15-,17?,19?,20?,28-/m0/s1. The van der Waals surface area contributed by atoms with Crippen LogP contribution < -0.4 is 16.1 Å². The molecule has 218 valence electrons. The molecular weight excluding hydrogens is 520 g/mol. The molecule has 3 unspecified atom stereocenters. The van der Waals surface area contributed by atoms with Crippen LogP contribution in [-0.2, 0) is 37.0 Å². The maximum absolute atomic E-state index is 14.0. The summed E-state index contributed by atoms with van der Waals surface area (Å²) in [6.07, 6.45) is 0.194. The molecule has 12 nitrogen and oxygen atoms in total. The van der Waals surface area contributed by atoms with Gasteiger partial charge in [0.1, 0.15) is 5.75 Å². The Balaban J connectivity index is 1.83. The van der Waals surface area contributed by atoms with E-state index < -0.39 is 70.0 Å². The number of hydrogen-bond acceptors (Lipinski definition) is 11. The molecule has 0 spiro atoms. The minimum absolute atomic E-state index is 0.000253. The van der Waals surface area contributed by atoms with E-state index in [0.717, 1.165) is 0 Å². The first-order valence-electron chi connectivity index (χ1n) is 13.2. The van der Waals surface area contributed by atoms with Crippen LogP contribution in [0.25, 0.3) is 0 Å². The number of hydrogen-bond donors (Lipinski definition) is 4. The average molecular weight is 559 g/mol. The third-order valence-electron chi connectivity index (χ3n) is 8.24. The number of aromatic hydroxyl groups is 1. The summed E-state index contributed by atoms with van der Waals surface area (Å²) in [5.41, 5.74) is 6.40. The topological polar surface area (TPSA) is 180 Å². The molecule has 0 radical (unpaired) electrons. The first-order chi connectivity index (χ1) is 18.4. The van der Waals surface area contributed by atoms with Gasteiger partial charge in [0, 0.05) is 37.8 Å². The molecular formula is C28H38N4O8. The Morgan fingerprint density at radius 3 is 2.30 bits per heavy atom. The molecule has 12 heteroatoms. The molecule has 40 heavy (non-hydrogen) atoms. The number of benzene rings is 1. The van der Waals surface area contributed by atoms with E-state index in [1.54, 1.807) is 39.2 Å². The van der Waals surface area contributed by atoms with Crippen molar-refractivity contribution < 1.29 is 39.0 Å². The number of ketones is 4. The molecule has 1 aromatic rings. The summed E-state index contributed by atoms with van der Waals surface area (Å²) in [4.78, 5) is 75.6. The molecule has 3 aliphatic rings. The predicted octanol–water partition coefficient (Wildman–Crippen LogP) is -0.247. The lowest BCUT2D eigenvalue weighted by molar-refractivity contribution is -0.181. The van der Waals surface area contributed by atoms with Crippen LogP contribution in [0.2, 0.25) is 0 Å². The van der Waals surface area contributed by atoms with E-state index in [1.807, 2.05) is 20.8 Å². The fourth-order valence-corrected chi connectivity index (χ4v) is 6.57. The van der Waals surface area contributed by atoms with Gasteiger partial charge in [-0.3, -0.25) is 33.7 Å². The second-order valence-corrected chi connectivity index (χ2v) is 12.5. The van der Waals surface area contributed by atoms with Crippen LogP contribution in [0.1, 0.15) is 48.7 Å². The molecule has 1 amide bonds. The molecule has 0 bridgehead atoms. The van der Waals surface area contributed by atoms with Crippen LogP contribution in [0.3, 0.4) is 0 Å². The Morgan fingerprint density at radius 2 is 1.77 bits per heavy atom. The van der Waals surface area contributed by atoms with Gasteiger partial charge in [-0.15, -0.1) is 0 Å². The summed E-state index contributed by atoms with van der Waals surface area (Å²) in [5.74, 6) is -10.7. The van der Waals surface area contributed by atoms with Crippen molar-refractivity contribution >= 4 is 34.7 Å². The average Bonchev–Trinajstić information content (AvgIpc) is 2.81. The van der Waals surface area contributed by atoms with Gasteiger partial charge in [-0.05, 0) is 65.3 Å². The normalized spacial score (nSPS) is 30.2. The number of aliphatic hydroxyl groups is 1. The number of nitrogens with two attached hydrogens (primary N) is 1. The van der Waals surface area contributed by atoms with Gasteiger partial charge in [0.15, 0.2) is 34.7 Å². The van der Waals surface area contributed by atoms with E-state index in [0.29, 0.717) is 16.8 Å². The molecule has 0 saturated heterocycles. The zero-order valence-corrected chi connectivity index (χ0v) is 23.9. The second kappa shape index (κ2) is 10.0. The Kier molecular flexibility index (Phi) is 7.46. The molecule has 3 aliphatic carbocycles. The van der Waals surface area contributed by atoms with Gasteiger partial charge in [-0.25, -0.2) is 0 Å². The van der Waals surface area contributed by atoms with Crippen LogP contribution in [-0.4, -0.2) is 89.6 Å². The molecule has 4 rings (SSSR count). The van der Waals surface area contributed by atoms with Crippen molar-refractivity contribution in [2.75, 3.05) is 33.1 Å². The number of carbonyl (C=O) groups is 5. The Morgan fingerprint density at radius 1 is 1.15 bits per heavy atom. The maximum Gasteiger partial charge on any atom is 0.235 e. The number of fused-ring (bicyclic) bond motifs is 3. The zero-order valence-electron chi connectivity index (χ0n) is 23.9. The summed E-state index contributed by atoms with van der Waals surface area (Å²) in [6, 6.07) is 0.606. The molecule has 6 atom stereocenters. The number of nitrogens with zero attached hydrogens (tertiary/aromatic N) is 2. The molecule has 0 aliphatic heterocycles. The van der Waals surface area contributed by atoms with Gasteiger partial charge in [0.25, 0.3) is 0 Å². The molecule has 1 aromatic carbocycles. The maximum atomic E-state index is 14.0. The van der Waals surface area contributed by atoms with E-state index in [2.05, 4.69) is 5.48 Å². The largest absolute Gasteiger partial charge is 0.507 e. The number of anilines is 1. The van der Waals surface area contributed by atoms with Gasteiger partial charge in [0.2, 0.25) is 5.91 Å². The lowest BCUT2D eigenvalue weighted by Gasteiger charge is -2.52. The summed E-state index contributed by atoms with van der Waals surface area (Å²) >= 11 is 0. The Labute approximate surface area is 232 Å². The summed E-state index contributed by atoms with van der Waals surface area (Å²) in [7, 11) is 6.69. The van der Waals surface area contributed by atoms with Crippen molar-refractivity contribution in [3.05, 3.63) is 22.8 Å². The number of hydroxylamine groups is 1. The van der Waals surface area contributed by atoms with Crippen molar-refractivity contribution in [1.29, 1.82) is 0 Å². The van der Waals surface area contributed by atoms with Crippen molar-refractivity contribution in [3.63, 3.8) is 0 Å². The van der Waals surface area contributed by atoms with Crippen molar-refractivity contribution in [1.82, 2.24) is 10.4 Å². The molecule has 0 heterocycles. The van der Waals surface area contributed by atoms with E-state index >= 15 is 0 Å². The monoisotopic (exact) mass is 558 g/mol. The third-order valence-corrected chi connectivity index (χ3v) is 8.24. The van der Waals surface area contributed by atoms with Gasteiger partial charge >= 0.3 is 0 Å².